The van der Waals surface area contributed by atoms with Crippen LogP contribution in [0.1, 0.15) is 61.6 Å². The van der Waals surface area contributed by atoms with E-state index in [9.17, 15) is 14.7 Å². The normalized spacial score (nSPS) is 19.0. The average Bonchev–Trinajstić information content (AvgIpc) is 3.46. The van der Waals surface area contributed by atoms with Crippen LogP contribution in [-0.4, -0.2) is 41.2 Å². The van der Waals surface area contributed by atoms with Crippen molar-refractivity contribution in [2.75, 3.05) is 7.11 Å². The number of aromatic nitrogens is 1. The Labute approximate surface area is 176 Å². The first-order valence-electron chi connectivity index (χ1n) is 9.95. The number of nitrogens with one attached hydrogen (secondary N) is 1. The van der Waals surface area contributed by atoms with Crippen molar-refractivity contribution in [3.8, 4) is 11.5 Å². The highest BCUT2D eigenvalue weighted by molar-refractivity contribution is 5.97. The number of pyridine rings is 1. The molecule has 7 heteroatoms. The standard InChI is InChI=1S/C23H28N2O5/c1-13(25-21(27)19-20(26)17(29-5)10-11-24-19)22(28)30-18-12-16(18)14-6-8-15(9-7-14)23(2,3)4/h6-11,13,16,18,26H,12H2,1-5H3,(H,25,27)/t13-,16?,18?/m0/s1. The van der Waals surface area contributed by atoms with Gasteiger partial charge < -0.3 is 19.9 Å². The van der Waals surface area contributed by atoms with Crippen LogP contribution in [0.5, 0.6) is 11.5 Å². The first-order chi connectivity index (χ1) is 14.1. The Kier molecular flexibility index (Phi) is 6.01. The Morgan fingerprint density at radius 2 is 1.87 bits per heavy atom. The zero-order chi connectivity index (χ0) is 22.1. The number of amides is 1. The van der Waals surface area contributed by atoms with Gasteiger partial charge in [0.15, 0.2) is 17.2 Å². The second kappa shape index (κ2) is 8.34. The van der Waals surface area contributed by atoms with Gasteiger partial charge in [-0.15, -0.1) is 0 Å². The molecular weight excluding hydrogens is 384 g/mol. The molecule has 3 atom stereocenters. The number of rotatable bonds is 6. The predicted octanol–water partition coefficient (Wildman–Crippen LogP) is 3.31. The smallest absolute Gasteiger partial charge is 0.328 e. The van der Waals surface area contributed by atoms with Gasteiger partial charge in [-0.25, -0.2) is 9.78 Å². The maximum absolute atomic E-state index is 12.4. The topological polar surface area (TPSA) is 97.8 Å². The molecule has 7 nitrogen and oxygen atoms in total. The Hall–Kier alpha value is -3.09. The highest BCUT2D eigenvalue weighted by Crippen LogP contribution is 2.44. The minimum Gasteiger partial charge on any atom is -0.503 e. The van der Waals surface area contributed by atoms with Gasteiger partial charge in [0, 0.05) is 18.2 Å². The molecule has 1 aromatic heterocycles. The molecule has 1 fully saturated rings. The molecule has 0 bridgehead atoms. The summed E-state index contributed by atoms with van der Waals surface area (Å²) in [6.45, 7) is 8.04. The Balaban J connectivity index is 1.55. The lowest BCUT2D eigenvalue weighted by molar-refractivity contribution is -0.146. The molecule has 0 saturated heterocycles. The summed E-state index contributed by atoms with van der Waals surface area (Å²) < 4.78 is 10.5. The summed E-state index contributed by atoms with van der Waals surface area (Å²) in [6, 6.07) is 8.95. The van der Waals surface area contributed by atoms with Crippen molar-refractivity contribution in [2.24, 2.45) is 0 Å². The number of hydrogen-bond acceptors (Lipinski definition) is 6. The van der Waals surface area contributed by atoms with E-state index in [4.69, 9.17) is 9.47 Å². The largest absolute Gasteiger partial charge is 0.503 e. The van der Waals surface area contributed by atoms with Crippen molar-refractivity contribution >= 4 is 11.9 Å². The minimum atomic E-state index is -0.880. The Morgan fingerprint density at radius 3 is 2.47 bits per heavy atom. The molecule has 1 saturated carbocycles. The quantitative estimate of drug-likeness (QED) is 0.707. The molecular formula is C23H28N2O5. The van der Waals surface area contributed by atoms with Crippen LogP contribution in [0.3, 0.4) is 0 Å². The molecule has 1 heterocycles. The molecule has 30 heavy (non-hydrogen) atoms. The van der Waals surface area contributed by atoms with Crippen LogP contribution in [0.4, 0.5) is 0 Å². The number of carbonyl (C=O) groups is 2. The molecule has 1 amide bonds. The summed E-state index contributed by atoms with van der Waals surface area (Å²) >= 11 is 0. The van der Waals surface area contributed by atoms with Crippen molar-refractivity contribution in [1.29, 1.82) is 0 Å². The molecule has 2 unspecified atom stereocenters. The second-order valence-electron chi connectivity index (χ2n) is 8.60. The Morgan fingerprint density at radius 1 is 1.20 bits per heavy atom. The zero-order valence-corrected chi connectivity index (χ0v) is 17.9. The summed E-state index contributed by atoms with van der Waals surface area (Å²) in [5.41, 5.74) is 2.28. The van der Waals surface area contributed by atoms with Crippen molar-refractivity contribution in [3.63, 3.8) is 0 Å². The van der Waals surface area contributed by atoms with Gasteiger partial charge in [-0.3, -0.25) is 4.79 Å². The van der Waals surface area contributed by atoms with E-state index in [2.05, 4.69) is 55.3 Å². The number of aromatic hydroxyl groups is 1. The third-order valence-corrected chi connectivity index (χ3v) is 5.23. The van der Waals surface area contributed by atoms with Crippen LogP contribution in [0.25, 0.3) is 0 Å². The summed E-state index contributed by atoms with van der Waals surface area (Å²) in [6.07, 6.45) is 1.91. The number of methoxy groups -OCH3 is 1. The molecule has 0 spiro atoms. The van der Waals surface area contributed by atoms with E-state index in [1.165, 1.54) is 31.9 Å². The van der Waals surface area contributed by atoms with Gasteiger partial charge in [-0.05, 0) is 29.9 Å². The number of nitrogens with zero attached hydrogens (tertiary/aromatic N) is 1. The van der Waals surface area contributed by atoms with E-state index >= 15 is 0 Å². The van der Waals surface area contributed by atoms with Gasteiger partial charge in [0.2, 0.25) is 0 Å². The van der Waals surface area contributed by atoms with E-state index in [0.29, 0.717) is 0 Å². The van der Waals surface area contributed by atoms with Gasteiger partial charge in [0.25, 0.3) is 5.91 Å². The van der Waals surface area contributed by atoms with Gasteiger partial charge in [-0.1, -0.05) is 45.0 Å². The van der Waals surface area contributed by atoms with E-state index < -0.39 is 17.9 Å². The van der Waals surface area contributed by atoms with Gasteiger partial charge >= 0.3 is 5.97 Å². The minimum absolute atomic E-state index is 0.0909. The van der Waals surface area contributed by atoms with Crippen LogP contribution < -0.4 is 10.1 Å². The molecule has 2 aromatic rings. The fourth-order valence-electron chi connectivity index (χ4n) is 3.23. The Bertz CT molecular complexity index is 934. The number of ether oxygens (including phenoxy) is 2. The summed E-state index contributed by atoms with van der Waals surface area (Å²) in [5, 5.41) is 12.5. The number of benzene rings is 1. The van der Waals surface area contributed by atoms with Crippen LogP contribution in [0, 0.1) is 0 Å². The lowest BCUT2D eigenvalue weighted by Crippen LogP contribution is -2.40. The van der Waals surface area contributed by atoms with Gasteiger partial charge in [0.05, 0.1) is 7.11 Å². The van der Waals surface area contributed by atoms with Crippen molar-refractivity contribution < 1.29 is 24.2 Å². The molecule has 0 aliphatic heterocycles. The maximum atomic E-state index is 12.4. The first-order valence-corrected chi connectivity index (χ1v) is 9.95. The zero-order valence-electron chi connectivity index (χ0n) is 17.9. The number of hydrogen-bond donors (Lipinski definition) is 2. The molecule has 1 aliphatic carbocycles. The third-order valence-electron chi connectivity index (χ3n) is 5.23. The van der Waals surface area contributed by atoms with Crippen molar-refractivity contribution in [3.05, 3.63) is 53.3 Å². The predicted molar refractivity (Wildman–Crippen MR) is 112 cm³/mol. The molecule has 160 valence electrons. The lowest BCUT2D eigenvalue weighted by atomic mass is 9.86. The lowest BCUT2D eigenvalue weighted by Gasteiger charge is -2.19. The highest BCUT2D eigenvalue weighted by atomic mass is 16.6. The molecule has 1 aliphatic rings. The SMILES string of the molecule is COc1ccnc(C(=O)N[C@@H](C)C(=O)OC2CC2c2ccc(C(C)(C)C)cc2)c1O. The summed E-state index contributed by atoms with van der Waals surface area (Å²) in [4.78, 5) is 28.6. The second-order valence-corrected chi connectivity index (χ2v) is 8.60. The highest BCUT2D eigenvalue weighted by Gasteiger charge is 2.42. The van der Waals surface area contributed by atoms with Crippen LogP contribution in [-0.2, 0) is 14.9 Å². The van der Waals surface area contributed by atoms with Crippen LogP contribution in [0.2, 0.25) is 0 Å². The van der Waals surface area contributed by atoms with Crippen LogP contribution in [0.15, 0.2) is 36.5 Å². The van der Waals surface area contributed by atoms with Crippen molar-refractivity contribution in [1.82, 2.24) is 10.3 Å². The molecule has 0 radical (unpaired) electrons. The third kappa shape index (κ3) is 4.72. The fraction of sp³-hybridized carbons (Fsp3) is 0.435. The van der Waals surface area contributed by atoms with Gasteiger partial charge in [0.1, 0.15) is 12.1 Å². The summed E-state index contributed by atoms with van der Waals surface area (Å²) in [5.74, 6) is -1.27. The number of esters is 1. The summed E-state index contributed by atoms with van der Waals surface area (Å²) in [7, 11) is 1.37. The fourth-order valence-corrected chi connectivity index (χ4v) is 3.23. The van der Waals surface area contributed by atoms with E-state index in [1.807, 2.05) is 0 Å². The van der Waals surface area contributed by atoms with Crippen molar-refractivity contribution in [2.45, 2.75) is 57.6 Å². The monoisotopic (exact) mass is 412 g/mol. The average molecular weight is 412 g/mol. The van der Waals surface area contributed by atoms with Crippen LogP contribution >= 0.6 is 0 Å². The molecule has 1 aromatic carbocycles. The molecule has 3 rings (SSSR count). The van der Waals surface area contributed by atoms with E-state index in [0.717, 1.165) is 12.0 Å². The number of carbonyl (C=O) groups excluding carboxylic acids is 2. The maximum Gasteiger partial charge on any atom is 0.328 e. The van der Waals surface area contributed by atoms with E-state index in [-0.39, 0.29) is 34.6 Å². The molecule has 2 N–H and O–H groups in total. The first kappa shape index (κ1) is 21.6. The van der Waals surface area contributed by atoms with E-state index in [1.54, 1.807) is 0 Å². The van der Waals surface area contributed by atoms with Gasteiger partial charge in [-0.2, -0.15) is 0 Å².